The summed E-state index contributed by atoms with van der Waals surface area (Å²) in [6.45, 7) is 7.58. The van der Waals surface area contributed by atoms with Gasteiger partial charge in [-0.15, -0.1) is 0 Å². The number of hydrogen-bond acceptors (Lipinski definition) is 3. The minimum absolute atomic E-state index is 0.624. The molecule has 2 heterocycles. The van der Waals surface area contributed by atoms with Crippen LogP contribution in [0.2, 0.25) is 0 Å². The highest BCUT2D eigenvalue weighted by Gasteiger charge is 2.17. The van der Waals surface area contributed by atoms with Crippen molar-refractivity contribution < 1.29 is 0 Å². The van der Waals surface area contributed by atoms with Crippen molar-refractivity contribution in [3.05, 3.63) is 24.0 Å². The molecule has 3 nitrogen and oxygen atoms in total. The van der Waals surface area contributed by atoms with E-state index in [0.717, 1.165) is 19.6 Å². The molecule has 1 aromatic rings. The van der Waals surface area contributed by atoms with Crippen LogP contribution in [0.3, 0.4) is 0 Å². The van der Waals surface area contributed by atoms with Gasteiger partial charge in [0.2, 0.25) is 0 Å². The Labute approximate surface area is 91.5 Å². The van der Waals surface area contributed by atoms with Gasteiger partial charge in [0.1, 0.15) is 0 Å². The number of nitrogens with one attached hydrogen (secondary N) is 1. The van der Waals surface area contributed by atoms with Crippen LogP contribution in [0.1, 0.15) is 18.9 Å². The summed E-state index contributed by atoms with van der Waals surface area (Å²) in [5.41, 5.74) is 2.49. The van der Waals surface area contributed by atoms with Gasteiger partial charge in [-0.25, -0.2) is 0 Å². The molecule has 0 aliphatic carbocycles. The van der Waals surface area contributed by atoms with Crippen molar-refractivity contribution in [2.45, 2.75) is 26.3 Å². The lowest BCUT2D eigenvalue weighted by molar-refractivity contribution is 0.447. The molecule has 0 aromatic carbocycles. The fraction of sp³-hybridized carbons (Fsp3) is 0.583. The van der Waals surface area contributed by atoms with Gasteiger partial charge in [-0.1, -0.05) is 6.92 Å². The van der Waals surface area contributed by atoms with E-state index in [-0.39, 0.29) is 0 Å². The fourth-order valence-corrected chi connectivity index (χ4v) is 2.05. The van der Waals surface area contributed by atoms with Crippen molar-refractivity contribution >= 4 is 5.69 Å². The molecule has 0 bridgehead atoms. The molecule has 1 unspecified atom stereocenters. The lowest BCUT2D eigenvalue weighted by Gasteiger charge is -2.34. The van der Waals surface area contributed by atoms with Crippen molar-refractivity contribution in [1.29, 1.82) is 0 Å². The van der Waals surface area contributed by atoms with Crippen molar-refractivity contribution in [3.63, 3.8) is 0 Å². The zero-order valence-corrected chi connectivity index (χ0v) is 9.53. The summed E-state index contributed by atoms with van der Waals surface area (Å²) >= 11 is 0. The molecular formula is C12H19N3. The maximum atomic E-state index is 4.25. The van der Waals surface area contributed by atoms with Crippen LogP contribution in [0.15, 0.2) is 18.5 Å². The maximum absolute atomic E-state index is 4.25. The molecule has 1 atom stereocenters. The fourth-order valence-electron chi connectivity index (χ4n) is 2.05. The number of anilines is 1. The van der Waals surface area contributed by atoms with E-state index in [1.165, 1.54) is 17.7 Å². The molecule has 0 amide bonds. The van der Waals surface area contributed by atoms with E-state index >= 15 is 0 Å². The third kappa shape index (κ3) is 2.48. The van der Waals surface area contributed by atoms with Gasteiger partial charge >= 0.3 is 0 Å². The molecule has 1 aliphatic rings. The van der Waals surface area contributed by atoms with Gasteiger partial charge in [0, 0.05) is 31.9 Å². The van der Waals surface area contributed by atoms with Gasteiger partial charge in [-0.3, -0.25) is 4.98 Å². The Hall–Kier alpha value is -1.09. The minimum Gasteiger partial charge on any atom is -0.367 e. The summed E-state index contributed by atoms with van der Waals surface area (Å²) in [5, 5.41) is 3.52. The average molecular weight is 205 g/mol. The Kier molecular flexibility index (Phi) is 3.21. The zero-order valence-electron chi connectivity index (χ0n) is 9.53. The third-order valence-electron chi connectivity index (χ3n) is 2.97. The Morgan fingerprint density at radius 3 is 3.13 bits per heavy atom. The molecule has 0 saturated carbocycles. The summed E-state index contributed by atoms with van der Waals surface area (Å²) in [6.07, 6.45) is 5.06. The number of hydrogen-bond donors (Lipinski definition) is 1. The monoisotopic (exact) mass is 205 g/mol. The van der Waals surface area contributed by atoms with Crippen LogP contribution >= 0.6 is 0 Å². The normalized spacial score (nSPS) is 21.7. The van der Waals surface area contributed by atoms with Crippen molar-refractivity contribution in [2.75, 3.05) is 24.5 Å². The van der Waals surface area contributed by atoms with E-state index in [4.69, 9.17) is 0 Å². The number of rotatable bonds is 2. The molecule has 82 valence electrons. The third-order valence-corrected chi connectivity index (χ3v) is 2.97. The number of aromatic nitrogens is 1. The van der Waals surface area contributed by atoms with Crippen LogP contribution in [0.25, 0.3) is 0 Å². The average Bonchev–Trinajstić information content (AvgIpc) is 2.29. The van der Waals surface area contributed by atoms with Crippen LogP contribution in [-0.4, -0.2) is 30.7 Å². The van der Waals surface area contributed by atoms with Crippen molar-refractivity contribution in [3.8, 4) is 0 Å². The number of aryl methyl sites for hydroxylation is 1. The van der Waals surface area contributed by atoms with Crippen LogP contribution in [0, 0.1) is 6.92 Å². The van der Waals surface area contributed by atoms with Gasteiger partial charge in [-0.05, 0) is 25.0 Å². The van der Waals surface area contributed by atoms with Crippen LogP contribution < -0.4 is 10.2 Å². The topological polar surface area (TPSA) is 28.2 Å². The standard InChI is InChI=1S/C12H19N3/c1-3-11-9-15(5-4-14-11)12-6-10(2)7-13-8-12/h6-8,11,14H,3-5,9H2,1-2H3. The van der Waals surface area contributed by atoms with Gasteiger partial charge in [0.15, 0.2) is 0 Å². The quantitative estimate of drug-likeness (QED) is 0.794. The smallest absolute Gasteiger partial charge is 0.0556 e. The molecule has 3 heteroatoms. The van der Waals surface area contributed by atoms with E-state index in [0.29, 0.717) is 6.04 Å². The number of pyridine rings is 1. The van der Waals surface area contributed by atoms with E-state index in [2.05, 4.69) is 35.1 Å². The van der Waals surface area contributed by atoms with Crippen LogP contribution in [0.4, 0.5) is 5.69 Å². The lowest BCUT2D eigenvalue weighted by atomic mass is 10.1. The first-order valence-electron chi connectivity index (χ1n) is 5.69. The first-order chi connectivity index (χ1) is 7.29. The summed E-state index contributed by atoms with van der Waals surface area (Å²) in [5.74, 6) is 0. The highest BCUT2D eigenvalue weighted by Crippen LogP contribution is 2.16. The van der Waals surface area contributed by atoms with Gasteiger partial charge in [0.05, 0.1) is 11.9 Å². The molecule has 15 heavy (non-hydrogen) atoms. The molecule has 0 spiro atoms. The van der Waals surface area contributed by atoms with Gasteiger partial charge < -0.3 is 10.2 Å². The van der Waals surface area contributed by atoms with E-state index in [1.807, 2.05) is 12.4 Å². The van der Waals surface area contributed by atoms with Gasteiger partial charge in [0.25, 0.3) is 0 Å². The first-order valence-corrected chi connectivity index (χ1v) is 5.69. The van der Waals surface area contributed by atoms with E-state index in [1.54, 1.807) is 0 Å². The second kappa shape index (κ2) is 4.62. The summed E-state index contributed by atoms with van der Waals surface area (Å²) in [7, 11) is 0. The number of nitrogens with zero attached hydrogens (tertiary/aromatic N) is 2. The Morgan fingerprint density at radius 1 is 1.53 bits per heavy atom. The molecular weight excluding hydrogens is 186 g/mol. The Bertz CT molecular complexity index is 324. The second-order valence-electron chi connectivity index (χ2n) is 4.23. The van der Waals surface area contributed by atoms with Crippen LogP contribution in [-0.2, 0) is 0 Å². The van der Waals surface area contributed by atoms with E-state index in [9.17, 15) is 0 Å². The molecule has 1 aromatic heterocycles. The van der Waals surface area contributed by atoms with E-state index < -0.39 is 0 Å². The SMILES string of the molecule is CCC1CN(c2cncc(C)c2)CCN1. The van der Waals surface area contributed by atoms with Crippen molar-refractivity contribution in [1.82, 2.24) is 10.3 Å². The number of piperazine rings is 1. The maximum Gasteiger partial charge on any atom is 0.0556 e. The Morgan fingerprint density at radius 2 is 2.40 bits per heavy atom. The summed E-state index contributed by atoms with van der Waals surface area (Å²) < 4.78 is 0. The summed E-state index contributed by atoms with van der Waals surface area (Å²) in [6, 6.07) is 2.84. The predicted octanol–water partition coefficient (Wildman–Crippen LogP) is 1.58. The van der Waals surface area contributed by atoms with Crippen molar-refractivity contribution in [2.24, 2.45) is 0 Å². The molecule has 1 N–H and O–H groups in total. The second-order valence-corrected chi connectivity index (χ2v) is 4.23. The first kappa shape index (κ1) is 10.4. The van der Waals surface area contributed by atoms with Crippen LogP contribution in [0.5, 0.6) is 0 Å². The lowest BCUT2D eigenvalue weighted by Crippen LogP contribution is -2.50. The Balaban J connectivity index is 2.09. The highest BCUT2D eigenvalue weighted by atomic mass is 15.2. The molecule has 1 saturated heterocycles. The predicted molar refractivity (Wildman–Crippen MR) is 63.3 cm³/mol. The molecule has 1 fully saturated rings. The molecule has 1 aliphatic heterocycles. The zero-order chi connectivity index (χ0) is 10.7. The minimum atomic E-state index is 0.624. The molecule has 2 rings (SSSR count). The molecule has 0 radical (unpaired) electrons. The largest absolute Gasteiger partial charge is 0.367 e. The van der Waals surface area contributed by atoms with Gasteiger partial charge in [-0.2, -0.15) is 0 Å². The summed E-state index contributed by atoms with van der Waals surface area (Å²) in [4.78, 5) is 6.67. The highest BCUT2D eigenvalue weighted by molar-refractivity contribution is 5.46.